The van der Waals surface area contributed by atoms with Gasteiger partial charge in [-0.3, -0.25) is 0 Å². The van der Waals surface area contributed by atoms with E-state index in [1.54, 1.807) is 6.26 Å². The molecule has 3 aliphatic heterocycles. The van der Waals surface area contributed by atoms with Gasteiger partial charge in [0.15, 0.2) is 0 Å². The second-order valence-corrected chi connectivity index (χ2v) is 9.45. The van der Waals surface area contributed by atoms with E-state index in [0.717, 1.165) is 48.1 Å². The number of nitrogens with zero attached hydrogens (tertiary/aromatic N) is 4. The normalized spacial score (nSPS) is 22.6. The summed E-state index contributed by atoms with van der Waals surface area (Å²) in [5.41, 5.74) is 2.40. The van der Waals surface area contributed by atoms with Crippen LogP contribution in [0.1, 0.15) is 30.4 Å². The number of anilines is 1. The molecule has 2 unspecified atom stereocenters. The number of fused-ring (bicyclic) bond motifs is 3. The molecule has 6 nitrogen and oxygen atoms in total. The Balaban J connectivity index is 1.13. The van der Waals surface area contributed by atoms with Gasteiger partial charge in [-0.05, 0) is 43.0 Å². The number of carbonyl (C=O) groups excluding carboxylic acids is 1. The monoisotopic (exact) mass is 482 g/mol. The number of urea groups is 1. The molecule has 2 fully saturated rings. The Hall–Kier alpha value is -3.49. The van der Waals surface area contributed by atoms with Gasteiger partial charge < -0.3 is 19.1 Å². The van der Waals surface area contributed by atoms with Gasteiger partial charge in [-0.25, -0.2) is 9.78 Å². The van der Waals surface area contributed by atoms with Gasteiger partial charge in [0.25, 0.3) is 0 Å². The molecule has 2 aromatic heterocycles. The molecule has 3 aliphatic rings. The molecular formula is C26H25F3N4O2. The van der Waals surface area contributed by atoms with Crippen LogP contribution in [0.4, 0.5) is 23.8 Å². The number of amides is 2. The fourth-order valence-corrected chi connectivity index (χ4v) is 5.67. The predicted octanol–water partition coefficient (Wildman–Crippen LogP) is 5.41. The van der Waals surface area contributed by atoms with E-state index in [0.29, 0.717) is 32.0 Å². The van der Waals surface area contributed by atoms with Gasteiger partial charge in [0.1, 0.15) is 11.4 Å². The van der Waals surface area contributed by atoms with Crippen molar-refractivity contribution in [2.75, 3.05) is 31.1 Å². The quantitative estimate of drug-likeness (QED) is 0.490. The lowest BCUT2D eigenvalue weighted by molar-refractivity contribution is -0.137. The molecule has 182 valence electrons. The SMILES string of the molecule is O=C(N1CC=C(c2cccc3ccoc23)CC1)N1CC2CCC(C1)N2c1ccc(C(F)(F)F)cn1. The van der Waals surface area contributed by atoms with E-state index in [1.807, 2.05) is 28.0 Å². The minimum absolute atomic E-state index is 0.0217. The maximum absolute atomic E-state index is 13.3. The topological polar surface area (TPSA) is 52.8 Å². The number of hydrogen-bond donors (Lipinski definition) is 0. The van der Waals surface area contributed by atoms with Crippen molar-refractivity contribution in [2.24, 2.45) is 0 Å². The van der Waals surface area contributed by atoms with E-state index in [1.165, 1.54) is 11.6 Å². The lowest BCUT2D eigenvalue weighted by Gasteiger charge is -2.43. The number of halogens is 3. The maximum atomic E-state index is 13.3. The molecule has 2 atom stereocenters. The van der Waals surface area contributed by atoms with Gasteiger partial charge in [0.2, 0.25) is 0 Å². The van der Waals surface area contributed by atoms with Crippen LogP contribution < -0.4 is 4.90 Å². The highest BCUT2D eigenvalue weighted by molar-refractivity contribution is 5.90. The second-order valence-electron chi connectivity index (χ2n) is 9.45. The number of hydrogen-bond acceptors (Lipinski definition) is 4. The largest absolute Gasteiger partial charge is 0.464 e. The molecule has 1 aromatic carbocycles. The molecule has 5 heterocycles. The third-order valence-corrected chi connectivity index (χ3v) is 7.40. The molecule has 0 saturated carbocycles. The van der Waals surface area contributed by atoms with Crippen molar-refractivity contribution in [3.05, 3.63) is 66.1 Å². The minimum atomic E-state index is -4.40. The Morgan fingerprint density at radius 3 is 2.49 bits per heavy atom. The zero-order chi connectivity index (χ0) is 24.2. The Kier molecular flexibility index (Phi) is 5.23. The molecule has 6 rings (SSSR count). The highest BCUT2D eigenvalue weighted by Crippen LogP contribution is 2.36. The number of rotatable bonds is 2. The molecule has 35 heavy (non-hydrogen) atoms. The fraction of sp³-hybridized carbons (Fsp3) is 0.385. The van der Waals surface area contributed by atoms with Crippen molar-refractivity contribution in [1.82, 2.24) is 14.8 Å². The number of likely N-dealkylation sites (tertiary alicyclic amines) is 1. The molecule has 0 radical (unpaired) electrons. The first-order valence-corrected chi connectivity index (χ1v) is 11.9. The number of pyridine rings is 1. The Labute approximate surface area is 200 Å². The van der Waals surface area contributed by atoms with E-state index in [9.17, 15) is 18.0 Å². The number of piperazine rings is 1. The van der Waals surface area contributed by atoms with Crippen molar-refractivity contribution >= 4 is 28.4 Å². The zero-order valence-corrected chi connectivity index (χ0v) is 19.0. The van der Waals surface area contributed by atoms with Gasteiger partial charge in [-0.2, -0.15) is 13.2 Å². The Morgan fingerprint density at radius 2 is 1.83 bits per heavy atom. The number of para-hydroxylation sites is 1. The summed E-state index contributed by atoms with van der Waals surface area (Å²) < 4.78 is 44.4. The molecule has 3 aromatic rings. The van der Waals surface area contributed by atoms with Crippen LogP contribution >= 0.6 is 0 Å². The van der Waals surface area contributed by atoms with Gasteiger partial charge in [0, 0.05) is 55.4 Å². The number of aromatic nitrogens is 1. The standard InChI is InChI=1S/C26H25F3N4O2/c27-26(28,29)19-4-7-23(30-14-19)33-20-5-6-21(33)16-32(15-20)25(34)31-11-8-17(9-12-31)22-3-1-2-18-10-13-35-24(18)22/h1-4,7-8,10,13-14,20-21H,5-6,9,11-12,15-16H2. The first kappa shape index (κ1) is 22.0. The van der Waals surface area contributed by atoms with Crippen LogP contribution in [0.3, 0.4) is 0 Å². The summed E-state index contributed by atoms with van der Waals surface area (Å²) in [6, 6.07) is 10.7. The van der Waals surface area contributed by atoms with Crippen LogP contribution in [0.5, 0.6) is 0 Å². The van der Waals surface area contributed by atoms with Crippen LogP contribution in [-0.4, -0.2) is 59.1 Å². The van der Waals surface area contributed by atoms with Gasteiger partial charge >= 0.3 is 12.2 Å². The van der Waals surface area contributed by atoms with Gasteiger partial charge in [0.05, 0.1) is 11.8 Å². The number of benzene rings is 1. The summed E-state index contributed by atoms with van der Waals surface area (Å²) in [5, 5.41) is 1.07. The van der Waals surface area contributed by atoms with Crippen molar-refractivity contribution in [3.63, 3.8) is 0 Å². The summed E-state index contributed by atoms with van der Waals surface area (Å²) in [6.07, 6.45) is 2.85. The number of furan rings is 1. The molecule has 2 saturated heterocycles. The summed E-state index contributed by atoms with van der Waals surface area (Å²) in [7, 11) is 0. The van der Waals surface area contributed by atoms with E-state index in [4.69, 9.17) is 4.42 Å². The highest BCUT2D eigenvalue weighted by atomic mass is 19.4. The summed E-state index contributed by atoms with van der Waals surface area (Å²) in [4.78, 5) is 23.3. The summed E-state index contributed by atoms with van der Waals surface area (Å²) >= 11 is 0. The van der Waals surface area contributed by atoms with Crippen LogP contribution in [-0.2, 0) is 6.18 Å². The predicted molar refractivity (Wildman–Crippen MR) is 126 cm³/mol. The first-order valence-electron chi connectivity index (χ1n) is 11.9. The number of carbonyl (C=O) groups is 1. The van der Waals surface area contributed by atoms with Crippen LogP contribution in [0.15, 0.2) is 59.4 Å². The van der Waals surface area contributed by atoms with Crippen molar-refractivity contribution in [1.29, 1.82) is 0 Å². The second kappa shape index (κ2) is 8.32. The molecule has 2 bridgehead atoms. The van der Waals surface area contributed by atoms with Crippen LogP contribution in [0.25, 0.3) is 16.5 Å². The lowest BCUT2D eigenvalue weighted by Crippen LogP contribution is -2.58. The van der Waals surface area contributed by atoms with Crippen LogP contribution in [0, 0.1) is 0 Å². The third kappa shape index (κ3) is 3.92. The minimum Gasteiger partial charge on any atom is -0.464 e. The Morgan fingerprint density at radius 1 is 1.03 bits per heavy atom. The smallest absolute Gasteiger partial charge is 0.417 e. The van der Waals surface area contributed by atoms with Gasteiger partial charge in [-0.15, -0.1) is 0 Å². The average Bonchev–Trinajstić information content (AvgIpc) is 3.45. The van der Waals surface area contributed by atoms with Gasteiger partial charge in [-0.1, -0.05) is 24.3 Å². The molecule has 2 amide bonds. The lowest BCUT2D eigenvalue weighted by atomic mass is 9.98. The summed E-state index contributed by atoms with van der Waals surface area (Å²) in [5.74, 6) is 0.551. The highest BCUT2D eigenvalue weighted by Gasteiger charge is 2.43. The first-order chi connectivity index (χ1) is 16.9. The zero-order valence-electron chi connectivity index (χ0n) is 19.0. The van der Waals surface area contributed by atoms with E-state index in [-0.39, 0.29) is 18.1 Å². The maximum Gasteiger partial charge on any atom is 0.417 e. The van der Waals surface area contributed by atoms with Crippen molar-refractivity contribution in [2.45, 2.75) is 37.5 Å². The van der Waals surface area contributed by atoms with E-state index in [2.05, 4.69) is 22.0 Å². The third-order valence-electron chi connectivity index (χ3n) is 7.40. The number of alkyl halides is 3. The molecule has 0 N–H and O–H groups in total. The van der Waals surface area contributed by atoms with Crippen LogP contribution in [0.2, 0.25) is 0 Å². The van der Waals surface area contributed by atoms with Crippen molar-refractivity contribution < 1.29 is 22.4 Å². The summed E-state index contributed by atoms with van der Waals surface area (Å²) in [6.45, 7) is 2.28. The van der Waals surface area contributed by atoms with Crippen molar-refractivity contribution in [3.8, 4) is 0 Å². The molecular weight excluding hydrogens is 457 g/mol. The average molecular weight is 483 g/mol. The molecule has 0 aliphatic carbocycles. The van der Waals surface area contributed by atoms with E-state index < -0.39 is 11.7 Å². The Bertz CT molecular complexity index is 1270. The van der Waals surface area contributed by atoms with E-state index >= 15 is 0 Å². The fourth-order valence-electron chi connectivity index (χ4n) is 5.67. The molecule has 9 heteroatoms. The molecule has 0 spiro atoms.